The van der Waals surface area contributed by atoms with Crippen molar-refractivity contribution in [3.05, 3.63) is 11.5 Å². The summed E-state index contributed by atoms with van der Waals surface area (Å²) in [5.74, 6) is -3.00. The fourth-order valence-electron chi connectivity index (χ4n) is 5.68. The van der Waals surface area contributed by atoms with Gasteiger partial charge in [0.1, 0.15) is 0 Å². The largest absolute Gasteiger partial charge is 0.506 e. The Bertz CT molecular complexity index is 1350. The highest BCUT2D eigenvalue weighted by Gasteiger charge is 2.55. The lowest BCUT2D eigenvalue weighted by Crippen LogP contribution is -2.49. The van der Waals surface area contributed by atoms with Crippen molar-refractivity contribution in [2.75, 3.05) is 26.4 Å². The summed E-state index contributed by atoms with van der Waals surface area (Å²) in [7, 11) is -20.9. The number of nitrogens with zero attached hydrogens (tertiary/aromatic N) is 1. The normalized spacial score (nSPS) is 18.7. The molecule has 1 heterocycles. The fourth-order valence-corrected chi connectivity index (χ4v) is 11.1. The van der Waals surface area contributed by atoms with Crippen LogP contribution in [-0.4, -0.2) is 63.7 Å². The highest BCUT2D eigenvalue weighted by Crippen LogP contribution is 2.68. The van der Waals surface area contributed by atoms with Crippen LogP contribution >= 0.6 is 31.3 Å². The van der Waals surface area contributed by atoms with Gasteiger partial charge in [-0.1, -0.05) is 156 Å². The Labute approximate surface area is 346 Å². The van der Waals surface area contributed by atoms with Crippen molar-refractivity contribution < 1.29 is 78.9 Å². The van der Waals surface area contributed by atoms with Crippen LogP contribution in [0, 0.1) is 0 Å². The van der Waals surface area contributed by atoms with Crippen LogP contribution in [0.2, 0.25) is 0 Å². The quantitative estimate of drug-likeness (QED) is 0.0329. The molecule has 0 spiro atoms. The molecule has 0 saturated heterocycles. The number of hydrogen-bond donors (Lipinski definition) is 4. The first-order valence-electron chi connectivity index (χ1n) is 21.3. The molecule has 4 N–H and O–H groups in total. The van der Waals surface area contributed by atoms with E-state index < -0.39 is 54.9 Å². The van der Waals surface area contributed by atoms with E-state index in [9.17, 15) is 43.1 Å². The van der Waals surface area contributed by atoms with Gasteiger partial charge < -0.3 is 20.0 Å². The number of hydroxylamine groups is 2. The van der Waals surface area contributed by atoms with Crippen molar-refractivity contribution in [2.24, 2.45) is 0 Å². The summed E-state index contributed by atoms with van der Waals surface area (Å²) in [5, 5.41) is 20.7. The van der Waals surface area contributed by atoms with Crippen LogP contribution in [0.4, 0.5) is 0 Å². The fraction of sp³-hybridized carbons (Fsp3) is 0.917. The lowest BCUT2D eigenvalue weighted by atomic mass is 10.1. The van der Waals surface area contributed by atoms with Gasteiger partial charge in [-0.2, -0.15) is 18.3 Å². The summed E-state index contributed by atoms with van der Waals surface area (Å²) in [6.45, 7) is 7.14. The van der Waals surface area contributed by atoms with Gasteiger partial charge in [0, 0.05) is 0 Å². The molecule has 58 heavy (non-hydrogen) atoms. The van der Waals surface area contributed by atoms with Crippen molar-refractivity contribution in [1.82, 2.24) is 5.06 Å². The van der Waals surface area contributed by atoms with E-state index in [1.54, 1.807) is 0 Å². The SMILES string of the molecule is CCCCCCCCOP(=O)(O)OP(=O)(OCCCCCCCC)OC1C(O)=C(C(=O)O)N1OP(=O)(OCCCCCCCC)OP(=O)(O)OCCCCCCCC. The average Bonchev–Trinajstić information content (AvgIpc) is 3.15. The van der Waals surface area contributed by atoms with E-state index >= 15 is 0 Å². The molecule has 0 saturated carbocycles. The molecule has 1 aliphatic heterocycles. The molecule has 0 radical (unpaired) electrons. The number of phosphoric acid groups is 4. The first-order valence-corrected chi connectivity index (χ1v) is 27.2. The maximum atomic E-state index is 14.0. The monoisotopic (exact) mass is 915 g/mol. The van der Waals surface area contributed by atoms with E-state index in [1.165, 1.54) is 0 Å². The molecule has 0 aromatic carbocycles. The van der Waals surface area contributed by atoms with E-state index in [2.05, 4.69) is 27.7 Å². The third kappa shape index (κ3) is 24.7. The molecule has 1 aliphatic rings. The van der Waals surface area contributed by atoms with Crippen LogP contribution in [0.1, 0.15) is 182 Å². The minimum Gasteiger partial charge on any atom is -0.506 e. The van der Waals surface area contributed by atoms with Crippen LogP contribution < -0.4 is 0 Å². The van der Waals surface area contributed by atoms with E-state index in [0.717, 1.165) is 103 Å². The number of carboxylic acid groups (broad SMARTS) is 1. The number of aliphatic carboxylic acids is 1. The predicted molar refractivity (Wildman–Crippen MR) is 219 cm³/mol. The second-order valence-electron chi connectivity index (χ2n) is 14.3. The van der Waals surface area contributed by atoms with E-state index in [4.69, 9.17) is 35.9 Å². The average molecular weight is 916 g/mol. The Balaban J connectivity index is 3.27. The Morgan fingerprint density at radius 2 is 0.828 bits per heavy atom. The van der Waals surface area contributed by atoms with Crippen molar-refractivity contribution >= 4 is 37.3 Å². The van der Waals surface area contributed by atoms with E-state index in [0.29, 0.717) is 51.4 Å². The first kappa shape index (κ1) is 55.3. The van der Waals surface area contributed by atoms with Gasteiger partial charge in [-0.15, -0.1) is 0 Å². The molecular formula is C36H73NO17P4. The molecule has 22 heteroatoms. The van der Waals surface area contributed by atoms with Crippen LogP contribution in [0.3, 0.4) is 0 Å². The minimum absolute atomic E-state index is 0.122. The maximum Gasteiger partial charge on any atom is 0.505 e. The Hall–Kier alpha value is -0.670. The maximum absolute atomic E-state index is 14.0. The van der Waals surface area contributed by atoms with Gasteiger partial charge in [0.25, 0.3) is 0 Å². The first-order chi connectivity index (χ1) is 27.6. The summed E-state index contributed by atoms with van der Waals surface area (Å²) >= 11 is 0. The van der Waals surface area contributed by atoms with E-state index in [-0.39, 0.29) is 31.5 Å². The summed E-state index contributed by atoms with van der Waals surface area (Å²) < 4.78 is 95.2. The molecule has 0 amide bonds. The Morgan fingerprint density at radius 1 is 0.517 bits per heavy atom. The number of phosphoric ester groups is 3. The molecule has 5 unspecified atom stereocenters. The molecule has 344 valence electrons. The number of unbranched alkanes of at least 4 members (excludes halogenated alkanes) is 20. The van der Waals surface area contributed by atoms with Crippen molar-refractivity contribution in [1.29, 1.82) is 0 Å². The zero-order valence-electron chi connectivity index (χ0n) is 35.2. The highest BCUT2D eigenvalue weighted by atomic mass is 31.3. The van der Waals surface area contributed by atoms with Gasteiger partial charge in [0.2, 0.25) is 6.23 Å². The van der Waals surface area contributed by atoms with Crippen molar-refractivity contribution in [3.8, 4) is 0 Å². The predicted octanol–water partition coefficient (Wildman–Crippen LogP) is 12.4. The summed E-state index contributed by atoms with van der Waals surface area (Å²) in [6.07, 6.45) is 17.2. The molecule has 0 aromatic rings. The third-order valence-electron chi connectivity index (χ3n) is 8.93. The zero-order chi connectivity index (χ0) is 43.3. The number of hydrogen-bond acceptors (Lipinski definition) is 15. The molecule has 0 aromatic heterocycles. The Kier molecular flexibility index (Phi) is 29.8. The number of aliphatic hydroxyl groups is 1. The smallest absolute Gasteiger partial charge is 0.505 e. The number of carboxylic acids is 1. The van der Waals surface area contributed by atoms with Gasteiger partial charge in [0.15, 0.2) is 11.5 Å². The summed E-state index contributed by atoms with van der Waals surface area (Å²) in [6, 6.07) is 0. The molecule has 0 aliphatic carbocycles. The topological polar surface area (TPSA) is 243 Å². The zero-order valence-corrected chi connectivity index (χ0v) is 38.8. The number of carbonyl (C=O) groups is 1. The van der Waals surface area contributed by atoms with Crippen molar-refractivity contribution in [2.45, 2.75) is 188 Å². The van der Waals surface area contributed by atoms with Gasteiger partial charge in [-0.05, 0) is 25.7 Å². The third-order valence-corrected chi connectivity index (χ3v) is 15.0. The molecule has 0 fully saturated rings. The summed E-state index contributed by atoms with van der Waals surface area (Å²) in [5.41, 5.74) is -1.10. The highest BCUT2D eigenvalue weighted by molar-refractivity contribution is 7.62. The second-order valence-corrected chi connectivity index (χ2v) is 20.7. The summed E-state index contributed by atoms with van der Waals surface area (Å²) in [4.78, 5) is 33.2. The lowest BCUT2D eigenvalue weighted by molar-refractivity contribution is -0.194. The van der Waals surface area contributed by atoms with Gasteiger partial charge in [-0.25, -0.2) is 23.1 Å². The molecule has 0 bridgehead atoms. The van der Waals surface area contributed by atoms with Gasteiger partial charge in [0.05, 0.1) is 26.4 Å². The van der Waals surface area contributed by atoms with Crippen LogP contribution in [-0.2, 0) is 58.9 Å². The van der Waals surface area contributed by atoms with Crippen LogP contribution in [0.15, 0.2) is 11.5 Å². The lowest BCUT2D eigenvalue weighted by Gasteiger charge is -2.40. The molecular weight excluding hydrogens is 842 g/mol. The number of aliphatic hydroxyl groups excluding tert-OH is 1. The second kappa shape index (κ2) is 31.2. The minimum atomic E-state index is -5.31. The van der Waals surface area contributed by atoms with Crippen LogP contribution in [0.25, 0.3) is 0 Å². The van der Waals surface area contributed by atoms with Crippen molar-refractivity contribution in [3.63, 3.8) is 0 Å². The van der Waals surface area contributed by atoms with Crippen LogP contribution in [0.5, 0.6) is 0 Å². The Morgan fingerprint density at radius 3 is 1.19 bits per heavy atom. The molecule has 5 atom stereocenters. The van der Waals surface area contributed by atoms with Gasteiger partial charge >= 0.3 is 37.3 Å². The molecule has 1 rings (SSSR count). The standard InChI is InChI=1S/C36H73NO17P4/c1-5-9-13-17-21-25-29-47-55(41,42)53-57(45,49-31-27-23-19-15-11-7-3)51-35-34(38)33(36(39)40)37(35)52-58(46,50-32-28-24-20-16-12-8-4)54-56(43,44)48-30-26-22-18-14-10-6-2/h35,38H,5-32H2,1-4H3,(H,39,40)(H,41,42)(H,43,44). The van der Waals surface area contributed by atoms with Gasteiger partial charge in [-0.3, -0.25) is 22.6 Å². The number of rotatable bonds is 41. The van der Waals surface area contributed by atoms with E-state index in [1.807, 2.05) is 0 Å². The molecule has 18 nitrogen and oxygen atoms in total.